The molecule has 0 saturated heterocycles. The van der Waals surface area contributed by atoms with E-state index in [-0.39, 0.29) is 4.99 Å². The third-order valence-corrected chi connectivity index (χ3v) is 2.46. The number of thiocarbonyl (C=S) groups is 1. The van der Waals surface area contributed by atoms with Crippen LogP contribution in [0.25, 0.3) is 0 Å². The molecule has 2 aromatic rings. The molecule has 0 saturated carbocycles. The maximum absolute atomic E-state index is 5.67. The normalized spacial score (nSPS) is 11.0. The molecule has 0 aliphatic heterocycles. The van der Waals surface area contributed by atoms with Crippen molar-refractivity contribution in [2.45, 2.75) is 0 Å². The van der Waals surface area contributed by atoms with Gasteiger partial charge in [-0.1, -0.05) is 48.6 Å². The predicted octanol–water partition coefficient (Wildman–Crippen LogP) is 3.11. The summed E-state index contributed by atoms with van der Waals surface area (Å²) >= 11 is 5.00. The summed E-state index contributed by atoms with van der Waals surface area (Å²) in [6.45, 7) is 0. The molecule has 90 valence electrons. The second-order valence-electron chi connectivity index (χ2n) is 3.65. The van der Waals surface area contributed by atoms with Gasteiger partial charge in [-0.05, 0) is 24.3 Å². The van der Waals surface area contributed by atoms with E-state index in [4.69, 9.17) is 18.0 Å². The zero-order valence-electron chi connectivity index (χ0n) is 9.71. The number of anilines is 1. The van der Waals surface area contributed by atoms with Crippen LogP contribution in [0.15, 0.2) is 65.7 Å². The Hall–Kier alpha value is -2.20. The number of hydrogen-bond donors (Lipinski definition) is 2. The molecule has 0 unspecified atom stereocenters. The van der Waals surface area contributed by atoms with E-state index in [0.29, 0.717) is 5.84 Å². The van der Waals surface area contributed by atoms with E-state index in [1.54, 1.807) is 0 Å². The van der Waals surface area contributed by atoms with Crippen molar-refractivity contribution < 1.29 is 0 Å². The first kappa shape index (κ1) is 12.3. The minimum atomic E-state index is 0.239. The van der Waals surface area contributed by atoms with E-state index in [9.17, 15) is 0 Å². The Morgan fingerprint density at radius 1 is 0.944 bits per heavy atom. The van der Waals surface area contributed by atoms with E-state index in [2.05, 4.69) is 10.3 Å². The third-order valence-electron chi connectivity index (χ3n) is 2.27. The first-order valence-electron chi connectivity index (χ1n) is 5.51. The van der Waals surface area contributed by atoms with Crippen LogP contribution in [0.4, 0.5) is 11.4 Å². The number of benzene rings is 2. The second kappa shape index (κ2) is 5.93. The predicted molar refractivity (Wildman–Crippen MR) is 80.4 cm³/mol. The molecule has 18 heavy (non-hydrogen) atoms. The average Bonchev–Trinajstić information content (AvgIpc) is 2.40. The van der Waals surface area contributed by atoms with Crippen LogP contribution in [0.1, 0.15) is 0 Å². The molecular formula is C14H13N3S. The Bertz CT molecular complexity index is 550. The molecule has 0 bridgehead atoms. The van der Waals surface area contributed by atoms with Crippen molar-refractivity contribution in [3.05, 3.63) is 60.7 Å². The number of rotatable bonds is 2. The summed E-state index contributed by atoms with van der Waals surface area (Å²) < 4.78 is 0. The van der Waals surface area contributed by atoms with Gasteiger partial charge in [-0.3, -0.25) is 0 Å². The zero-order valence-corrected chi connectivity index (χ0v) is 10.5. The first-order valence-corrected chi connectivity index (χ1v) is 5.92. The molecule has 0 aliphatic rings. The van der Waals surface area contributed by atoms with Crippen molar-refractivity contribution in [3.8, 4) is 0 Å². The fourth-order valence-electron chi connectivity index (χ4n) is 1.43. The fourth-order valence-corrected chi connectivity index (χ4v) is 1.53. The third kappa shape index (κ3) is 3.40. The lowest BCUT2D eigenvalue weighted by atomic mass is 10.3. The van der Waals surface area contributed by atoms with E-state index >= 15 is 0 Å². The smallest absolute Gasteiger partial charge is 0.165 e. The van der Waals surface area contributed by atoms with Crippen LogP contribution in [0, 0.1) is 0 Å². The van der Waals surface area contributed by atoms with Gasteiger partial charge in [0.25, 0.3) is 0 Å². The molecule has 3 nitrogen and oxygen atoms in total. The minimum absolute atomic E-state index is 0.239. The van der Waals surface area contributed by atoms with Gasteiger partial charge in [-0.2, -0.15) is 0 Å². The van der Waals surface area contributed by atoms with Crippen molar-refractivity contribution in [1.29, 1.82) is 0 Å². The highest BCUT2D eigenvalue weighted by atomic mass is 32.1. The van der Waals surface area contributed by atoms with Crippen LogP contribution < -0.4 is 11.1 Å². The quantitative estimate of drug-likeness (QED) is 0.492. The van der Waals surface area contributed by atoms with E-state index in [1.165, 1.54) is 0 Å². The summed E-state index contributed by atoms with van der Waals surface area (Å²) in [5.74, 6) is 0.488. The molecule has 2 aromatic carbocycles. The maximum Gasteiger partial charge on any atom is 0.165 e. The molecule has 0 aromatic heterocycles. The van der Waals surface area contributed by atoms with E-state index < -0.39 is 0 Å². The summed E-state index contributed by atoms with van der Waals surface area (Å²) in [6, 6.07) is 19.2. The van der Waals surface area contributed by atoms with Gasteiger partial charge in [0.2, 0.25) is 0 Å². The average molecular weight is 255 g/mol. The molecular weight excluding hydrogens is 242 g/mol. The lowest BCUT2D eigenvalue weighted by Gasteiger charge is -2.08. The van der Waals surface area contributed by atoms with Crippen LogP contribution in [-0.2, 0) is 0 Å². The first-order chi connectivity index (χ1) is 8.75. The topological polar surface area (TPSA) is 50.4 Å². The Balaban J connectivity index is 2.25. The van der Waals surface area contributed by atoms with Gasteiger partial charge in [0, 0.05) is 5.69 Å². The van der Waals surface area contributed by atoms with E-state index in [1.807, 2.05) is 60.7 Å². The van der Waals surface area contributed by atoms with Crippen molar-refractivity contribution in [1.82, 2.24) is 0 Å². The number of nitrogens with zero attached hydrogens (tertiary/aromatic N) is 1. The largest absolute Gasteiger partial charge is 0.387 e. The van der Waals surface area contributed by atoms with Crippen LogP contribution in [0.5, 0.6) is 0 Å². The Morgan fingerprint density at radius 2 is 1.50 bits per heavy atom. The van der Waals surface area contributed by atoms with Gasteiger partial charge in [0.1, 0.15) is 4.99 Å². The highest BCUT2D eigenvalue weighted by Crippen LogP contribution is 2.12. The van der Waals surface area contributed by atoms with Crippen molar-refractivity contribution in [2.24, 2.45) is 10.7 Å². The Morgan fingerprint density at radius 3 is 2.06 bits per heavy atom. The summed E-state index contributed by atoms with van der Waals surface area (Å²) in [5.41, 5.74) is 7.38. The lowest BCUT2D eigenvalue weighted by Crippen LogP contribution is -2.28. The summed E-state index contributed by atoms with van der Waals surface area (Å²) in [5, 5.41) is 3.11. The lowest BCUT2D eigenvalue weighted by molar-refractivity contribution is 1.50. The van der Waals surface area contributed by atoms with Crippen molar-refractivity contribution in [3.63, 3.8) is 0 Å². The molecule has 2 rings (SSSR count). The molecule has 0 amide bonds. The van der Waals surface area contributed by atoms with Gasteiger partial charge < -0.3 is 11.1 Å². The number of nitrogens with one attached hydrogen (secondary N) is 1. The van der Waals surface area contributed by atoms with Gasteiger partial charge >= 0.3 is 0 Å². The summed E-state index contributed by atoms with van der Waals surface area (Å²) in [4.78, 5) is 4.63. The molecule has 0 atom stereocenters. The number of amidine groups is 1. The minimum Gasteiger partial charge on any atom is -0.387 e. The molecule has 4 heteroatoms. The van der Waals surface area contributed by atoms with Gasteiger partial charge in [-0.25, -0.2) is 4.99 Å². The van der Waals surface area contributed by atoms with E-state index in [0.717, 1.165) is 11.4 Å². The van der Waals surface area contributed by atoms with Crippen molar-refractivity contribution in [2.75, 3.05) is 5.32 Å². The fraction of sp³-hybridized carbons (Fsp3) is 0. The Labute approximate surface area is 111 Å². The summed E-state index contributed by atoms with van der Waals surface area (Å²) in [7, 11) is 0. The number of aliphatic imine (C=N–C) groups is 1. The second-order valence-corrected chi connectivity index (χ2v) is 4.09. The van der Waals surface area contributed by atoms with Crippen LogP contribution in [-0.4, -0.2) is 10.8 Å². The maximum atomic E-state index is 5.67. The molecule has 0 aliphatic carbocycles. The SMILES string of the molecule is NC(=S)C(=Nc1ccccc1)Nc1ccccc1. The van der Waals surface area contributed by atoms with Crippen LogP contribution in [0.3, 0.4) is 0 Å². The summed E-state index contributed by atoms with van der Waals surface area (Å²) in [6.07, 6.45) is 0. The highest BCUT2D eigenvalue weighted by Gasteiger charge is 2.03. The highest BCUT2D eigenvalue weighted by molar-refractivity contribution is 7.82. The number of hydrogen-bond acceptors (Lipinski definition) is 2. The van der Waals surface area contributed by atoms with Gasteiger partial charge in [-0.15, -0.1) is 0 Å². The monoisotopic (exact) mass is 255 g/mol. The van der Waals surface area contributed by atoms with Crippen LogP contribution >= 0.6 is 12.2 Å². The zero-order chi connectivity index (χ0) is 12.8. The van der Waals surface area contributed by atoms with Gasteiger partial charge in [0.15, 0.2) is 5.84 Å². The number of para-hydroxylation sites is 2. The standard InChI is InChI=1S/C14H13N3S/c15-13(18)14(16-11-7-3-1-4-8-11)17-12-9-5-2-6-10-12/h1-10H,(H2,15,18)(H,16,17). The number of nitrogens with two attached hydrogens (primary N) is 1. The van der Waals surface area contributed by atoms with Crippen molar-refractivity contribution >= 4 is 34.4 Å². The molecule has 0 spiro atoms. The van der Waals surface area contributed by atoms with Crippen LogP contribution in [0.2, 0.25) is 0 Å². The molecule has 3 N–H and O–H groups in total. The molecule has 0 fully saturated rings. The van der Waals surface area contributed by atoms with Gasteiger partial charge in [0.05, 0.1) is 5.69 Å². The molecule has 0 heterocycles. The molecule has 0 radical (unpaired) electrons. The Kier molecular flexibility index (Phi) is 4.04.